The van der Waals surface area contributed by atoms with E-state index in [1.807, 2.05) is 61.5 Å². The van der Waals surface area contributed by atoms with E-state index in [1.54, 1.807) is 0 Å². The molecule has 1 amide bonds. The zero-order valence-electron chi connectivity index (χ0n) is 12.5. The van der Waals surface area contributed by atoms with Crippen molar-refractivity contribution in [3.05, 3.63) is 60.2 Å². The topological polar surface area (TPSA) is 41.5 Å². The summed E-state index contributed by atoms with van der Waals surface area (Å²) in [6.45, 7) is 4.01. The largest absolute Gasteiger partial charge is 0.271 e. The zero-order chi connectivity index (χ0) is 15.1. The SMILES string of the molecule is CCC/C(C)=N/NC(=O)c1ccc(-c2ccccc2)cc1. The van der Waals surface area contributed by atoms with Gasteiger partial charge in [-0.3, -0.25) is 4.79 Å². The number of benzene rings is 2. The van der Waals surface area contributed by atoms with Gasteiger partial charge in [0.15, 0.2) is 0 Å². The molecule has 0 radical (unpaired) electrons. The van der Waals surface area contributed by atoms with E-state index in [4.69, 9.17) is 0 Å². The third-order valence-corrected chi connectivity index (χ3v) is 3.21. The summed E-state index contributed by atoms with van der Waals surface area (Å²) in [6.07, 6.45) is 1.92. The first kappa shape index (κ1) is 15.0. The van der Waals surface area contributed by atoms with Gasteiger partial charge >= 0.3 is 0 Å². The molecule has 0 saturated heterocycles. The Labute approximate surface area is 125 Å². The van der Waals surface area contributed by atoms with Crippen LogP contribution in [0.5, 0.6) is 0 Å². The molecular weight excluding hydrogens is 260 g/mol. The summed E-state index contributed by atoms with van der Waals surface area (Å²) in [5.74, 6) is -0.176. The van der Waals surface area contributed by atoms with Crippen molar-refractivity contribution in [2.24, 2.45) is 5.10 Å². The van der Waals surface area contributed by atoms with E-state index in [0.717, 1.165) is 29.7 Å². The lowest BCUT2D eigenvalue weighted by atomic mass is 10.0. The van der Waals surface area contributed by atoms with Crippen molar-refractivity contribution in [1.82, 2.24) is 5.43 Å². The Morgan fingerprint density at radius 1 is 1.00 bits per heavy atom. The van der Waals surface area contributed by atoms with E-state index < -0.39 is 0 Å². The molecule has 0 aliphatic rings. The van der Waals surface area contributed by atoms with E-state index in [9.17, 15) is 4.79 Å². The van der Waals surface area contributed by atoms with Crippen molar-refractivity contribution < 1.29 is 4.79 Å². The van der Waals surface area contributed by atoms with Crippen molar-refractivity contribution in [3.63, 3.8) is 0 Å². The molecule has 0 aliphatic carbocycles. The Hall–Kier alpha value is -2.42. The molecule has 0 saturated carbocycles. The van der Waals surface area contributed by atoms with Crippen LogP contribution in [0.4, 0.5) is 0 Å². The molecule has 0 unspecified atom stereocenters. The molecule has 0 atom stereocenters. The Morgan fingerprint density at radius 3 is 2.24 bits per heavy atom. The number of nitrogens with zero attached hydrogens (tertiary/aromatic N) is 1. The minimum absolute atomic E-state index is 0.176. The van der Waals surface area contributed by atoms with Gasteiger partial charge in [0.05, 0.1) is 0 Å². The molecule has 21 heavy (non-hydrogen) atoms. The number of hydrazone groups is 1. The third kappa shape index (κ3) is 4.28. The van der Waals surface area contributed by atoms with Crippen molar-refractivity contribution in [2.75, 3.05) is 0 Å². The first-order valence-corrected chi connectivity index (χ1v) is 7.19. The smallest absolute Gasteiger partial charge is 0.267 e. The second kappa shape index (κ2) is 7.39. The molecule has 2 aromatic carbocycles. The maximum Gasteiger partial charge on any atom is 0.271 e. The Bertz CT molecular complexity index is 615. The number of rotatable bonds is 5. The van der Waals surface area contributed by atoms with Crippen molar-refractivity contribution in [1.29, 1.82) is 0 Å². The van der Waals surface area contributed by atoms with Crippen molar-refractivity contribution in [2.45, 2.75) is 26.7 Å². The molecule has 2 rings (SSSR count). The van der Waals surface area contributed by atoms with Gasteiger partial charge in [0.1, 0.15) is 0 Å². The normalized spacial score (nSPS) is 11.2. The van der Waals surface area contributed by atoms with Crippen LogP contribution >= 0.6 is 0 Å². The quantitative estimate of drug-likeness (QED) is 0.645. The number of carbonyl (C=O) groups is 1. The van der Waals surface area contributed by atoms with Crippen LogP contribution in [0, 0.1) is 0 Å². The number of hydrogen-bond donors (Lipinski definition) is 1. The van der Waals surface area contributed by atoms with E-state index in [2.05, 4.69) is 17.5 Å². The molecule has 0 bridgehead atoms. The number of amides is 1. The summed E-state index contributed by atoms with van der Waals surface area (Å²) in [6, 6.07) is 17.6. The van der Waals surface area contributed by atoms with Gasteiger partial charge in [0.25, 0.3) is 5.91 Å². The zero-order valence-corrected chi connectivity index (χ0v) is 12.5. The average molecular weight is 280 g/mol. The highest BCUT2D eigenvalue weighted by atomic mass is 16.2. The maximum absolute atomic E-state index is 12.0. The number of hydrogen-bond acceptors (Lipinski definition) is 2. The molecule has 0 fully saturated rings. The van der Waals surface area contributed by atoms with Gasteiger partial charge in [-0.25, -0.2) is 5.43 Å². The van der Waals surface area contributed by atoms with Crippen molar-refractivity contribution in [3.8, 4) is 11.1 Å². The van der Waals surface area contributed by atoms with E-state index in [1.165, 1.54) is 0 Å². The van der Waals surface area contributed by atoms with E-state index >= 15 is 0 Å². The van der Waals surface area contributed by atoms with Gasteiger partial charge in [-0.1, -0.05) is 55.8 Å². The van der Waals surface area contributed by atoms with Gasteiger partial charge in [-0.15, -0.1) is 0 Å². The lowest BCUT2D eigenvalue weighted by Crippen LogP contribution is -2.18. The molecule has 108 valence electrons. The Kier molecular flexibility index (Phi) is 5.27. The van der Waals surface area contributed by atoms with Crippen LogP contribution in [0.2, 0.25) is 0 Å². The molecule has 1 N–H and O–H groups in total. The summed E-state index contributed by atoms with van der Waals surface area (Å²) in [5, 5.41) is 4.09. The van der Waals surface area contributed by atoms with Crippen LogP contribution in [-0.2, 0) is 0 Å². The Morgan fingerprint density at radius 2 is 1.62 bits per heavy atom. The molecule has 3 nitrogen and oxygen atoms in total. The van der Waals surface area contributed by atoms with Gasteiger partial charge < -0.3 is 0 Å². The fourth-order valence-corrected chi connectivity index (χ4v) is 2.07. The van der Waals surface area contributed by atoms with Crippen LogP contribution < -0.4 is 5.43 Å². The second-order valence-electron chi connectivity index (χ2n) is 4.98. The standard InChI is InChI=1S/C18H20N2O/c1-3-7-14(2)19-20-18(21)17-12-10-16(11-13-17)15-8-5-4-6-9-15/h4-6,8-13H,3,7H2,1-2H3,(H,20,21)/b19-14+. The highest BCUT2D eigenvalue weighted by Crippen LogP contribution is 2.19. The second-order valence-corrected chi connectivity index (χ2v) is 4.98. The Balaban J connectivity index is 2.05. The van der Waals surface area contributed by atoms with Gasteiger partial charge in [0.2, 0.25) is 0 Å². The average Bonchev–Trinajstić information content (AvgIpc) is 2.54. The summed E-state index contributed by atoms with van der Waals surface area (Å²) < 4.78 is 0. The maximum atomic E-state index is 12.0. The summed E-state index contributed by atoms with van der Waals surface area (Å²) in [7, 11) is 0. The number of nitrogens with one attached hydrogen (secondary N) is 1. The fourth-order valence-electron chi connectivity index (χ4n) is 2.07. The minimum atomic E-state index is -0.176. The summed E-state index contributed by atoms with van der Waals surface area (Å²) >= 11 is 0. The van der Waals surface area contributed by atoms with Crippen LogP contribution in [0.1, 0.15) is 37.0 Å². The van der Waals surface area contributed by atoms with Crippen LogP contribution in [0.25, 0.3) is 11.1 Å². The molecule has 0 heterocycles. The minimum Gasteiger partial charge on any atom is -0.267 e. The molecule has 3 heteroatoms. The molecular formula is C18H20N2O. The summed E-state index contributed by atoms with van der Waals surface area (Å²) in [4.78, 5) is 12.0. The lowest BCUT2D eigenvalue weighted by molar-refractivity contribution is 0.0954. The molecule has 0 spiro atoms. The van der Waals surface area contributed by atoms with E-state index in [0.29, 0.717) is 5.56 Å². The lowest BCUT2D eigenvalue weighted by Gasteiger charge is -2.04. The van der Waals surface area contributed by atoms with Crippen molar-refractivity contribution >= 4 is 11.6 Å². The fraction of sp³-hybridized carbons (Fsp3) is 0.222. The highest BCUT2D eigenvalue weighted by Gasteiger charge is 2.05. The molecule has 2 aromatic rings. The van der Waals surface area contributed by atoms with Gasteiger partial charge in [0, 0.05) is 11.3 Å². The number of carbonyl (C=O) groups excluding carboxylic acids is 1. The molecule has 0 aromatic heterocycles. The summed E-state index contributed by atoms with van der Waals surface area (Å²) in [5.41, 5.74) is 6.38. The van der Waals surface area contributed by atoms with Crippen LogP contribution in [0.15, 0.2) is 59.7 Å². The van der Waals surface area contributed by atoms with Crippen LogP contribution in [-0.4, -0.2) is 11.6 Å². The molecule has 0 aliphatic heterocycles. The first-order valence-electron chi connectivity index (χ1n) is 7.19. The van der Waals surface area contributed by atoms with Crippen LogP contribution in [0.3, 0.4) is 0 Å². The van der Waals surface area contributed by atoms with Gasteiger partial charge in [-0.2, -0.15) is 5.10 Å². The monoisotopic (exact) mass is 280 g/mol. The first-order chi connectivity index (χ1) is 10.2. The highest BCUT2D eigenvalue weighted by molar-refractivity contribution is 5.95. The predicted octanol–water partition coefficient (Wildman–Crippen LogP) is 4.26. The predicted molar refractivity (Wildman–Crippen MR) is 87.4 cm³/mol. The van der Waals surface area contributed by atoms with Gasteiger partial charge in [-0.05, 0) is 36.6 Å². The third-order valence-electron chi connectivity index (χ3n) is 3.21. The van der Waals surface area contributed by atoms with E-state index in [-0.39, 0.29) is 5.91 Å².